The van der Waals surface area contributed by atoms with Crippen LogP contribution in [0.3, 0.4) is 0 Å². The van der Waals surface area contributed by atoms with E-state index in [1.54, 1.807) is 12.6 Å². The zero-order valence-corrected chi connectivity index (χ0v) is 15.4. The lowest BCUT2D eigenvalue weighted by Crippen LogP contribution is -2.31. The number of halogens is 1. The van der Waals surface area contributed by atoms with Gasteiger partial charge in [0.1, 0.15) is 0 Å². The van der Waals surface area contributed by atoms with Crippen molar-refractivity contribution in [1.82, 2.24) is 15.3 Å². The third-order valence-corrected chi connectivity index (χ3v) is 4.42. The molecular weight excluding hydrogens is 342 g/mol. The second-order valence-electron chi connectivity index (χ2n) is 6.26. The van der Waals surface area contributed by atoms with Crippen LogP contribution in [0.2, 0.25) is 5.02 Å². The Kier molecular flexibility index (Phi) is 6.99. The number of aromatic nitrogens is 2. The van der Waals surface area contributed by atoms with Crippen LogP contribution in [-0.4, -0.2) is 34.1 Å². The number of rotatable bonds is 8. The summed E-state index contributed by atoms with van der Waals surface area (Å²) in [6.07, 6.45) is 2.19. The minimum atomic E-state index is -0.490. The molecule has 0 aliphatic heterocycles. The first-order chi connectivity index (χ1) is 11.9. The largest absolute Gasteiger partial charge is 0.380 e. The number of carbonyl (C=O) groups excluding carboxylic acids is 1. The molecule has 1 heterocycles. The molecule has 0 bridgehead atoms. The SMILES string of the molecule is COC(CC(=O)NO)C(Cc1ccc(Cl)cc1)c1ccn(C(C)C)n1. The minimum absolute atomic E-state index is 0.0415. The molecule has 0 saturated heterocycles. The molecule has 2 atom stereocenters. The van der Waals surface area contributed by atoms with Crippen LogP contribution >= 0.6 is 11.6 Å². The van der Waals surface area contributed by atoms with Gasteiger partial charge in [0.15, 0.2) is 0 Å². The number of hydrogen-bond donors (Lipinski definition) is 2. The quantitative estimate of drug-likeness (QED) is 0.555. The average molecular weight is 366 g/mol. The molecule has 1 aromatic carbocycles. The third-order valence-electron chi connectivity index (χ3n) is 4.17. The van der Waals surface area contributed by atoms with Crippen LogP contribution in [0.5, 0.6) is 0 Å². The van der Waals surface area contributed by atoms with E-state index >= 15 is 0 Å². The van der Waals surface area contributed by atoms with Crippen LogP contribution in [0.4, 0.5) is 0 Å². The fourth-order valence-corrected chi connectivity index (χ4v) is 2.88. The first-order valence-corrected chi connectivity index (χ1v) is 8.57. The molecule has 0 aliphatic rings. The number of amides is 1. The van der Waals surface area contributed by atoms with E-state index in [0.29, 0.717) is 11.4 Å². The van der Waals surface area contributed by atoms with Gasteiger partial charge >= 0.3 is 0 Å². The standard InChI is InChI=1S/C18H24ClN3O3/c1-12(2)22-9-8-16(20-22)15(17(25-3)11-18(23)21-24)10-13-4-6-14(19)7-5-13/h4-9,12,15,17,24H,10-11H2,1-3H3,(H,21,23). The molecule has 1 amide bonds. The van der Waals surface area contributed by atoms with Gasteiger partial charge in [0.25, 0.3) is 0 Å². The molecule has 0 spiro atoms. The summed E-state index contributed by atoms with van der Waals surface area (Å²) < 4.78 is 7.44. The van der Waals surface area contributed by atoms with E-state index < -0.39 is 12.0 Å². The number of carbonyl (C=O) groups is 1. The zero-order chi connectivity index (χ0) is 18.4. The number of ether oxygens (including phenoxy) is 1. The van der Waals surface area contributed by atoms with Crippen molar-refractivity contribution in [2.24, 2.45) is 0 Å². The predicted molar refractivity (Wildman–Crippen MR) is 95.9 cm³/mol. The predicted octanol–water partition coefficient (Wildman–Crippen LogP) is 3.35. The zero-order valence-electron chi connectivity index (χ0n) is 14.6. The third kappa shape index (κ3) is 5.29. The normalized spacial score (nSPS) is 13.7. The minimum Gasteiger partial charge on any atom is -0.380 e. The Hall–Kier alpha value is -1.89. The molecular formula is C18H24ClN3O3. The van der Waals surface area contributed by atoms with E-state index in [9.17, 15) is 4.79 Å². The van der Waals surface area contributed by atoms with Crippen molar-refractivity contribution in [2.75, 3.05) is 7.11 Å². The number of nitrogens with one attached hydrogen (secondary N) is 1. The Bertz CT molecular complexity index is 685. The lowest BCUT2D eigenvalue weighted by atomic mass is 9.89. The summed E-state index contributed by atoms with van der Waals surface area (Å²) in [7, 11) is 1.56. The van der Waals surface area contributed by atoms with E-state index in [0.717, 1.165) is 11.3 Å². The highest BCUT2D eigenvalue weighted by atomic mass is 35.5. The summed E-state index contributed by atoms with van der Waals surface area (Å²) in [5.41, 5.74) is 3.59. The van der Waals surface area contributed by atoms with Gasteiger partial charge in [0.2, 0.25) is 5.91 Å². The van der Waals surface area contributed by atoms with E-state index in [4.69, 9.17) is 21.5 Å². The van der Waals surface area contributed by atoms with Crippen LogP contribution in [-0.2, 0) is 16.0 Å². The lowest BCUT2D eigenvalue weighted by molar-refractivity contribution is -0.132. The van der Waals surface area contributed by atoms with Crippen molar-refractivity contribution in [2.45, 2.75) is 44.8 Å². The maximum atomic E-state index is 11.6. The topological polar surface area (TPSA) is 76.4 Å². The van der Waals surface area contributed by atoms with Crippen LogP contribution in [0.25, 0.3) is 0 Å². The Balaban J connectivity index is 2.31. The highest BCUT2D eigenvalue weighted by Crippen LogP contribution is 2.28. The second kappa shape index (κ2) is 8.99. The van der Waals surface area contributed by atoms with Gasteiger partial charge in [-0.3, -0.25) is 14.7 Å². The number of benzene rings is 1. The van der Waals surface area contributed by atoms with Crippen LogP contribution < -0.4 is 5.48 Å². The Morgan fingerprint density at radius 1 is 1.32 bits per heavy atom. The molecule has 136 valence electrons. The highest BCUT2D eigenvalue weighted by Gasteiger charge is 2.28. The highest BCUT2D eigenvalue weighted by molar-refractivity contribution is 6.30. The van der Waals surface area contributed by atoms with E-state index in [-0.39, 0.29) is 18.4 Å². The van der Waals surface area contributed by atoms with E-state index in [1.165, 1.54) is 0 Å². The summed E-state index contributed by atoms with van der Waals surface area (Å²) in [6.45, 7) is 4.11. The molecule has 0 saturated carbocycles. The Morgan fingerprint density at radius 2 is 2.00 bits per heavy atom. The van der Waals surface area contributed by atoms with Gasteiger partial charge < -0.3 is 4.74 Å². The van der Waals surface area contributed by atoms with Gasteiger partial charge in [0, 0.05) is 30.3 Å². The molecule has 0 aliphatic carbocycles. The summed E-state index contributed by atoms with van der Waals surface area (Å²) in [5, 5.41) is 14.2. The van der Waals surface area contributed by atoms with Gasteiger partial charge in [-0.15, -0.1) is 0 Å². The van der Waals surface area contributed by atoms with Crippen molar-refractivity contribution in [3.05, 3.63) is 52.8 Å². The maximum absolute atomic E-state index is 11.6. The number of hydrogen-bond acceptors (Lipinski definition) is 4. The van der Waals surface area contributed by atoms with Crippen molar-refractivity contribution in [1.29, 1.82) is 0 Å². The summed E-state index contributed by atoms with van der Waals surface area (Å²) in [6, 6.07) is 9.77. The fraction of sp³-hybridized carbons (Fsp3) is 0.444. The van der Waals surface area contributed by atoms with Gasteiger partial charge in [-0.1, -0.05) is 23.7 Å². The van der Waals surface area contributed by atoms with Gasteiger partial charge in [-0.2, -0.15) is 5.10 Å². The monoisotopic (exact) mass is 365 g/mol. The smallest absolute Gasteiger partial charge is 0.245 e. The molecule has 1 aromatic heterocycles. The molecule has 2 aromatic rings. The Morgan fingerprint density at radius 3 is 2.52 bits per heavy atom. The van der Waals surface area contributed by atoms with Crippen LogP contribution in [0.1, 0.15) is 43.5 Å². The van der Waals surface area contributed by atoms with Crippen molar-refractivity contribution < 1.29 is 14.7 Å². The van der Waals surface area contributed by atoms with Gasteiger partial charge in [0.05, 0.1) is 18.2 Å². The average Bonchev–Trinajstić information content (AvgIpc) is 3.09. The maximum Gasteiger partial charge on any atom is 0.245 e. The molecule has 0 fully saturated rings. The molecule has 2 rings (SSSR count). The number of methoxy groups -OCH3 is 1. The molecule has 0 radical (unpaired) electrons. The summed E-state index contributed by atoms with van der Waals surface area (Å²) >= 11 is 5.96. The Labute approximate surface area is 152 Å². The van der Waals surface area contributed by atoms with Crippen molar-refractivity contribution in [3.63, 3.8) is 0 Å². The first-order valence-electron chi connectivity index (χ1n) is 8.19. The molecule has 2 unspecified atom stereocenters. The molecule has 25 heavy (non-hydrogen) atoms. The molecule has 2 N–H and O–H groups in total. The van der Waals surface area contributed by atoms with Crippen molar-refractivity contribution in [3.8, 4) is 0 Å². The van der Waals surface area contributed by atoms with Gasteiger partial charge in [-0.25, -0.2) is 5.48 Å². The number of nitrogens with zero attached hydrogens (tertiary/aromatic N) is 2. The first kappa shape index (κ1) is 19.4. The van der Waals surface area contributed by atoms with E-state index in [1.807, 2.05) is 41.2 Å². The van der Waals surface area contributed by atoms with Gasteiger partial charge in [-0.05, 0) is 44.0 Å². The summed E-state index contributed by atoms with van der Waals surface area (Å²) in [4.78, 5) is 11.6. The molecule has 6 nitrogen and oxygen atoms in total. The lowest BCUT2D eigenvalue weighted by Gasteiger charge is -2.24. The van der Waals surface area contributed by atoms with Crippen molar-refractivity contribution >= 4 is 17.5 Å². The van der Waals surface area contributed by atoms with Crippen LogP contribution in [0.15, 0.2) is 36.5 Å². The van der Waals surface area contributed by atoms with E-state index in [2.05, 4.69) is 18.9 Å². The second-order valence-corrected chi connectivity index (χ2v) is 6.70. The fourth-order valence-electron chi connectivity index (χ4n) is 2.76. The molecule has 7 heteroatoms. The van der Waals surface area contributed by atoms with Crippen LogP contribution in [0, 0.1) is 0 Å². The summed E-state index contributed by atoms with van der Waals surface area (Å²) in [5.74, 6) is -0.625. The number of hydroxylamine groups is 1.